The minimum atomic E-state index is -0.879. The van der Waals surface area contributed by atoms with Crippen LogP contribution in [-0.2, 0) is 0 Å². The van der Waals surface area contributed by atoms with E-state index in [1.54, 1.807) is 67.6 Å². The number of carboxylic acid groups (broad SMARTS) is 2. The first kappa shape index (κ1) is 28.3. The molecule has 31 heavy (non-hydrogen) atoms. The van der Waals surface area contributed by atoms with Crippen LogP contribution in [0.4, 0.5) is 0 Å². The maximum absolute atomic E-state index is 10.2. The zero-order chi connectivity index (χ0) is 23.9. The van der Waals surface area contributed by atoms with Crippen LogP contribution in [0, 0.1) is 0 Å². The van der Waals surface area contributed by atoms with E-state index in [2.05, 4.69) is 6.92 Å². The molecule has 0 saturated carbocycles. The van der Waals surface area contributed by atoms with Gasteiger partial charge in [-0.15, -0.1) is 0 Å². The third kappa shape index (κ3) is 12.6. The van der Waals surface area contributed by atoms with E-state index in [9.17, 15) is 19.8 Å². The highest BCUT2D eigenvalue weighted by Crippen LogP contribution is 2.29. The lowest BCUT2D eigenvalue weighted by Gasteiger charge is -2.34. The van der Waals surface area contributed by atoms with Gasteiger partial charge in [0.05, 0.1) is 22.3 Å². The van der Waals surface area contributed by atoms with Crippen molar-refractivity contribution in [1.82, 2.24) is 0 Å². The number of benzene rings is 2. The van der Waals surface area contributed by atoms with E-state index in [4.69, 9.17) is 10.2 Å². The van der Waals surface area contributed by atoms with Crippen molar-refractivity contribution in [2.75, 3.05) is 0 Å². The number of carbonyl (C=O) groups is 2. The zero-order valence-electron chi connectivity index (χ0n) is 18.9. The fourth-order valence-electron chi connectivity index (χ4n) is 2.85. The van der Waals surface area contributed by atoms with Crippen molar-refractivity contribution in [2.24, 2.45) is 0 Å². The Morgan fingerprint density at radius 3 is 1.35 bits per heavy atom. The van der Waals surface area contributed by atoms with Crippen molar-refractivity contribution in [3.8, 4) is 0 Å². The molecule has 0 spiro atoms. The third-order valence-corrected chi connectivity index (χ3v) is 4.89. The molecule has 172 valence electrons. The van der Waals surface area contributed by atoms with E-state index in [-0.39, 0.29) is 0 Å². The molecule has 0 aliphatic carbocycles. The Balaban J connectivity index is 0.000000445. The maximum Gasteiger partial charge on any atom is 0.335 e. The predicted molar refractivity (Wildman–Crippen MR) is 122 cm³/mol. The van der Waals surface area contributed by atoms with Crippen LogP contribution in [0.25, 0.3) is 0 Å². The molecule has 6 heteroatoms. The number of aliphatic hydroxyl groups is 2. The van der Waals surface area contributed by atoms with E-state index < -0.39 is 23.1 Å². The van der Waals surface area contributed by atoms with Gasteiger partial charge in [-0.25, -0.2) is 9.59 Å². The van der Waals surface area contributed by atoms with Gasteiger partial charge in [-0.1, -0.05) is 63.6 Å². The van der Waals surface area contributed by atoms with Crippen LogP contribution in [0.5, 0.6) is 0 Å². The Labute approximate surface area is 185 Å². The van der Waals surface area contributed by atoms with Crippen LogP contribution >= 0.6 is 0 Å². The Bertz CT molecular complexity index is 709. The summed E-state index contributed by atoms with van der Waals surface area (Å²) in [7, 11) is 0. The first-order chi connectivity index (χ1) is 14.5. The molecule has 0 amide bonds. The summed E-state index contributed by atoms with van der Waals surface area (Å²) in [5.41, 5.74) is -0.733. The van der Waals surface area contributed by atoms with Gasteiger partial charge in [-0.3, -0.25) is 0 Å². The standard InChI is InChI=1S/C11H24O2.2C7H6O2/c1-5-8-11(13,7-3)9-10(4,12)6-2;2*8-7(9)6-4-2-1-3-5-6/h12-13H,5-9H2,1-4H3;2*1-5H,(H,8,9). The Morgan fingerprint density at radius 1 is 0.742 bits per heavy atom. The van der Waals surface area contributed by atoms with Gasteiger partial charge in [0.1, 0.15) is 0 Å². The van der Waals surface area contributed by atoms with E-state index in [0.29, 0.717) is 24.0 Å². The molecule has 2 aromatic rings. The maximum atomic E-state index is 10.2. The molecule has 0 bridgehead atoms. The molecule has 2 rings (SSSR count). The van der Waals surface area contributed by atoms with Crippen molar-refractivity contribution >= 4 is 11.9 Å². The Hall–Kier alpha value is -2.70. The summed E-state index contributed by atoms with van der Waals surface area (Å²) in [5, 5.41) is 36.8. The predicted octanol–water partition coefficient (Wildman–Crippen LogP) is 5.25. The minimum Gasteiger partial charge on any atom is -0.478 e. The number of aromatic carboxylic acids is 2. The normalized spacial score (nSPS) is 13.9. The van der Waals surface area contributed by atoms with Crippen molar-refractivity contribution in [1.29, 1.82) is 0 Å². The lowest BCUT2D eigenvalue weighted by molar-refractivity contribution is -0.0635. The zero-order valence-corrected chi connectivity index (χ0v) is 18.9. The first-order valence-corrected chi connectivity index (χ1v) is 10.5. The third-order valence-electron chi connectivity index (χ3n) is 4.89. The Kier molecular flexibility index (Phi) is 13.1. The summed E-state index contributed by atoms with van der Waals surface area (Å²) >= 11 is 0. The average molecular weight is 433 g/mol. The van der Waals surface area contributed by atoms with Crippen molar-refractivity contribution in [2.45, 2.75) is 71.0 Å². The largest absolute Gasteiger partial charge is 0.478 e. The van der Waals surface area contributed by atoms with E-state index in [0.717, 1.165) is 19.3 Å². The summed E-state index contributed by atoms with van der Waals surface area (Å²) in [4.78, 5) is 20.4. The van der Waals surface area contributed by atoms with Crippen LogP contribution in [0.3, 0.4) is 0 Å². The van der Waals surface area contributed by atoms with E-state index in [1.807, 2.05) is 13.8 Å². The molecule has 0 radical (unpaired) electrons. The molecule has 6 nitrogen and oxygen atoms in total. The Morgan fingerprint density at radius 2 is 1.13 bits per heavy atom. The highest BCUT2D eigenvalue weighted by molar-refractivity contribution is 5.87. The highest BCUT2D eigenvalue weighted by atomic mass is 16.4. The van der Waals surface area contributed by atoms with Crippen LogP contribution in [0.15, 0.2) is 60.7 Å². The highest BCUT2D eigenvalue weighted by Gasteiger charge is 2.32. The van der Waals surface area contributed by atoms with Gasteiger partial charge >= 0.3 is 11.9 Å². The van der Waals surface area contributed by atoms with Crippen molar-refractivity contribution in [3.63, 3.8) is 0 Å². The van der Waals surface area contributed by atoms with Gasteiger partial charge in [-0.2, -0.15) is 0 Å². The van der Waals surface area contributed by atoms with E-state index >= 15 is 0 Å². The lowest BCUT2D eigenvalue weighted by atomic mass is 9.82. The first-order valence-electron chi connectivity index (χ1n) is 10.5. The minimum absolute atomic E-state index is 0.331. The second kappa shape index (κ2) is 14.3. The SMILES string of the molecule is CCCC(O)(CC)CC(C)(O)CC.O=C(O)c1ccccc1.O=C(O)c1ccccc1. The van der Waals surface area contributed by atoms with E-state index in [1.165, 1.54) is 0 Å². The van der Waals surface area contributed by atoms with Crippen molar-refractivity contribution in [3.05, 3.63) is 71.8 Å². The molecular weight excluding hydrogens is 396 g/mol. The van der Waals surface area contributed by atoms with Crippen LogP contribution in [-0.4, -0.2) is 43.6 Å². The summed E-state index contributed by atoms with van der Waals surface area (Å²) in [6.07, 6.45) is 3.64. The second-order valence-corrected chi connectivity index (χ2v) is 7.70. The van der Waals surface area contributed by atoms with Gasteiger partial charge in [-0.05, 0) is 50.5 Å². The van der Waals surface area contributed by atoms with Crippen LogP contribution in [0.1, 0.15) is 80.5 Å². The van der Waals surface area contributed by atoms with Crippen LogP contribution in [0.2, 0.25) is 0 Å². The fraction of sp³-hybridized carbons (Fsp3) is 0.440. The molecule has 0 aromatic heterocycles. The van der Waals surface area contributed by atoms with Gasteiger partial charge < -0.3 is 20.4 Å². The topological polar surface area (TPSA) is 115 Å². The lowest BCUT2D eigenvalue weighted by Crippen LogP contribution is -2.38. The molecule has 2 aromatic carbocycles. The summed E-state index contributed by atoms with van der Waals surface area (Å²) < 4.78 is 0. The number of hydrogen-bond acceptors (Lipinski definition) is 4. The molecule has 0 aliphatic heterocycles. The fourth-order valence-corrected chi connectivity index (χ4v) is 2.85. The molecule has 0 fully saturated rings. The smallest absolute Gasteiger partial charge is 0.335 e. The van der Waals surface area contributed by atoms with Gasteiger partial charge in [0.2, 0.25) is 0 Å². The number of hydrogen-bond donors (Lipinski definition) is 4. The molecule has 4 N–H and O–H groups in total. The average Bonchev–Trinajstić information content (AvgIpc) is 2.75. The molecular formula is C25H36O6. The number of carboxylic acids is 2. The molecule has 2 unspecified atom stereocenters. The van der Waals surface area contributed by atoms with Crippen LogP contribution < -0.4 is 0 Å². The molecule has 0 heterocycles. The number of rotatable bonds is 8. The molecule has 2 atom stereocenters. The monoisotopic (exact) mass is 432 g/mol. The van der Waals surface area contributed by atoms with Gasteiger partial charge in [0, 0.05) is 6.42 Å². The second-order valence-electron chi connectivity index (χ2n) is 7.70. The van der Waals surface area contributed by atoms with Gasteiger partial charge in [0.15, 0.2) is 0 Å². The molecule has 0 aliphatic rings. The summed E-state index contributed by atoms with van der Waals surface area (Å²) in [6, 6.07) is 16.6. The summed E-state index contributed by atoms with van der Waals surface area (Å²) in [5.74, 6) is -1.76. The quantitative estimate of drug-likeness (QED) is 0.453. The molecule has 0 saturated heterocycles. The van der Waals surface area contributed by atoms with Crippen molar-refractivity contribution < 1.29 is 30.0 Å². The summed E-state index contributed by atoms with van der Waals surface area (Å²) in [6.45, 7) is 7.77. The van der Waals surface area contributed by atoms with Gasteiger partial charge in [0.25, 0.3) is 0 Å².